The third-order valence-corrected chi connectivity index (χ3v) is 5.43. The third kappa shape index (κ3) is 6.38. The summed E-state index contributed by atoms with van der Waals surface area (Å²) in [5.74, 6) is 1.33. The molecule has 170 valence electrons. The molecule has 2 aromatic carbocycles. The Morgan fingerprint density at radius 3 is 2.64 bits per heavy atom. The van der Waals surface area contributed by atoms with Crippen molar-refractivity contribution in [2.45, 2.75) is 38.5 Å². The molecule has 33 heavy (non-hydrogen) atoms. The summed E-state index contributed by atoms with van der Waals surface area (Å²) in [5, 5.41) is 11.1. The summed E-state index contributed by atoms with van der Waals surface area (Å²) in [6.07, 6.45) is 3.45. The summed E-state index contributed by atoms with van der Waals surface area (Å²) >= 11 is 0. The lowest BCUT2D eigenvalue weighted by Crippen LogP contribution is -2.26. The summed E-state index contributed by atoms with van der Waals surface area (Å²) < 4.78 is 24.6. The van der Waals surface area contributed by atoms with Crippen molar-refractivity contribution in [1.82, 2.24) is 15.5 Å². The van der Waals surface area contributed by atoms with Crippen molar-refractivity contribution in [3.63, 3.8) is 0 Å². The fraction of sp³-hybridized carbons (Fsp3) is 0.269. The maximum absolute atomic E-state index is 13.3. The Hall–Kier alpha value is -3.74. The van der Waals surface area contributed by atoms with Crippen molar-refractivity contribution in [2.75, 3.05) is 6.54 Å². The highest BCUT2D eigenvalue weighted by molar-refractivity contribution is 5.75. The summed E-state index contributed by atoms with van der Waals surface area (Å²) in [6.45, 7) is 2.50. The topological polar surface area (TPSA) is 81.2 Å². The van der Waals surface area contributed by atoms with Crippen LogP contribution in [0.2, 0.25) is 0 Å². The second-order valence-corrected chi connectivity index (χ2v) is 8.01. The Morgan fingerprint density at radius 1 is 1.06 bits per heavy atom. The molecule has 0 aliphatic heterocycles. The van der Waals surface area contributed by atoms with Crippen LogP contribution in [-0.2, 0) is 17.6 Å². The fourth-order valence-corrected chi connectivity index (χ4v) is 3.78. The first-order chi connectivity index (χ1) is 16.1. The van der Waals surface area contributed by atoms with Crippen LogP contribution in [0.15, 0.2) is 75.8 Å². The van der Waals surface area contributed by atoms with Crippen LogP contribution in [-0.4, -0.2) is 22.6 Å². The molecule has 7 heteroatoms. The first kappa shape index (κ1) is 22.5. The van der Waals surface area contributed by atoms with Gasteiger partial charge >= 0.3 is 0 Å². The smallest absolute Gasteiger partial charge is 0.220 e. The molecule has 1 atom stereocenters. The van der Waals surface area contributed by atoms with Gasteiger partial charge in [-0.2, -0.15) is 0 Å². The van der Waals surface area contributed by atoms with Gasteiger partial charge in [-0.15, -0.1) is 10.2 Å². The highest BCUT2D eigenvalue weighted by Gasteiger charge is 2.17. The fourth-order valence-electron chi connectivity index (χ4n) is 3.78. The predicted octanol–water partition coefficient (Wildman–Crippen LogP) is 4.97. The van der Waals surface area contributed by atoms with Gasteiger partial charge in [-0.3, -0.25) is 4.79 Å². The van der Waals surface area contributed by atoms with E-state index in [9.17, 15) is 9.18 Å². The van der Waals surface area contributed by atoms with Crippen LogP contribution < -0.4 is 5.32 Å². The van der Waals surface area contributed by atoms with E-state index in [2.05, 4.69) is 21.6 Å². The highest BCUT2D eigenvalue weighted by Crippen LogP contribution is 2.28. The number of carbonyl (C=O) groups is 1. The summed E-state index contributed by atoms with van der Waals surface area (Å²) in [4.78, 5) is 12.3. The van der Waals surface area contributed by atoms with E-state index in [-0.39, 0.29) is 24.1 Å². The van der Waals surface area contributed by atoms with Crippen molar-refractivity contribution >= 4 is 5.91 Å². The van der Waals surface area contributed by atoms with Crippen LogP contribution in [0.4, 0.5) is 4.39 Å². The predicted molar refractivity (Wildman–Crippen MR) is 121 cm³/mol. The molecule has 6 nitrogen and oxygen atoms in total. The largest absolute Gasteiger partial charge is 0.469 e. The molecule has 0 saturated carbocycles. The summed E-state index contributed by atoms with van der Waals surface area (Å²) in [5.41, 5.74) is 3.22. The molecule has 0 spiro atoms. The Kier molecular flexibility index (Phi) is 7.29. The van der Waals surface area contributed by atoms with Crippen LogP contribution in [0, 0.1) is 12.7 Å². The lowest BCUT2D eigenvalue weighted by atomic mass is 9.93. The summed E-state index contributed by atoms with van der Waals surface area (Å²) in [6, 6.07) is 18.2. The molecule has 0 bridgehead atoms. The average molecular weight is 448 g/mol. The van der Waals surface area contributed by atoms with Gasteiger partial charge in [-0.05, 0) is 48.7 Å². The van der Waals surface area contributed by atoms with E-state index in [0.29, 0.717) is 37.6 Å². The molecule has 0 aliphatic rings. The van der Waals surface area contributed by atoms with Gasteiger partial charge in [0.05, 0.1) is 12.7 Å². The first-order valence-electron chi connectivity index (χ1n) is 11.0. The highest BCUT2D eigenvalue weighted by atomic mass is 19.1. The van der Waals surface area contributed by atoms with Gasteiger partial charge in [0.1, 0.15) is 11.6 Å². The number of rotatable bonds is 10. The molecule has 2 heterocycles. The quantitative estimate of drug-likeness (QED) is 0.371. The number of nitrogens with zero attached hydrogens (tertiary/aromatic N) is 2. The Balaban J connectivity index is 1.25. The van der Waals surface area contributed by atoms with Gasteiger partial charge in [-0.25, -0.2) is 4.39 Å². The van der Waals surface area contributed by atoms with Crippen molar-refractivity contribution in [3.8, 4) is 0 Å². The molecule has 4 rings (SSSR count). The van der Waals surface area contributed by atoms with E-state index in [0.717, 1.165) is 16.9 Å². The number of amides is 1. The van der Waals surface area contributed by atoms with Gasteiger partial charge in [0.15, 0.2) is 0 Å². The van der Waals surface area contributed by atoms with E-state index >= 15 is 0 Å². The van der Waals surface area contributed by atoms with E-state index in [1.54, 1.807) is 18.4 Å². The Morgan fingerprint density at radius 2 is 1.88 bits per heavy atom. The lowest BCUT2D eigenvalue weighted by molar-refractivity contribution is -0.121. The molecule has 0 saturated heterocycles. The molecule has 1 amide bonds. The number of halogens is 1. The summed E-state index contributed by atoms with van der Waals surface area (Å²) in [7, 11) is 0. The molecule has 4 aromatic rings. The number of furan rings is 1. The molecular weight excluding hydrogens is 421 g/mol. The molecule has 2 aromatic heterocycles. The number of aromatic nitrogens is 2. The monoisotopic (exact) mass is 447 g/mol. The van der Waals surface area contributed by atoms with E-state index < -0.39 is 0 Å². The van der Waals surface area contributed by atoms with Crippen LogP contribution in [0.5, 0.6) is 0 Å². The average Bonchev–Trinajstić information content (AvgIpc) is 3.49. The van der Waals surface area contributed by atoms with Crippen LogP contribution in [0.3, 0.4) is 0 Å². The van der Waals surface area contributed by atoms with Crippen molar-refractivity contribution < 1.29 is 18.0 Å². The molecule has 0 fully saturated rings. The second kappa shape index (κ2) is 10.7. The Bertz CT molecular complexity index is 1170. The molecule has 0 radical (unpaired) electrons. The zero-order valence-corrected chi connectivity index (χ0v) is 18.5. The van der Waals surface area contributed by atoms with E-state index in [1.165, 1.54) is 17.7 Å². The number of aryl methyl sites for hydroxylation is 2. The van der Waals surface area contributed by atoms with Gasteiger partial charge in [-0.1, -0.05) is 42.0 Å². The normalized spacial score (nSPS) is 11.9. The van der Waals surface area contributed by atoms with Crippen molar-refractivity contribution in [2.24, 2.45) is 0 Å². The lowest BCUT2D eigenvalue weighted by Gasteiger charge is -2.15. The standard InChI is InChI=1S/C26H26FN3O3/c1-18-4-2-5-19(16-18)17-26-30-29-25(33-26)12-11-24(31)28-14-13-22(23-6-3-15-32-23)20-7-9-21(27)10-8-20/h2-10,15-16,22H,11-14,17H2,1H3,(H,28,31). The number of benzene rings is 2. The molecule has 0 aliphatic carbocycles. The van der Waals surface area contributed by atoms with Gasteiger partial charge in [0.25, 0.3) is 0 Å². The maximum Gasteiger partial charge on any atom is 0.220 e. The van der Waals surface area contributed by atoms with Crippen LogP contribution >= 0.6 is 0 Å². The number of carbonyl (C=O) groups excluding carboxylic acids is 1. The minimum absolute atomic E-state index is 0.0685. The minimum Gasteiger partial charge on any atom is -0.469 e. The van der Waals surface area contributed by atoms with Gasteiger partial charge in [0, 0.05) is 25.3 Å². The van der Waals surface area contributed by atoms with Crippen LogP contribution in [0.1, 0.15) is 53.0 Å². The van der Waals surface area contributed by atoms with Gasteiger partial charge in [0.2, 0.25) is 17.7 Å². The first-order valence-corrected chi connectivity index (χ1v) is 11.0. The zero-order valence-electron chi connectivity index (χ0n) is 18.5. The van der Waals surface area contributed by atoms with Crippen molar-refractivity contribution in [3.05, 3.63) is 107 Å². The maximum atomic E-state index is 13.3. The van der Waals surface area contributed by atoms with Gasteiger partial charge < -0.3 is 14.2 Å². The number of nitrogens with one attached hydrogen (secondary N) is 1. The van der Waals surface area contributed by atoms with Crippen molar-refractivity contribution in [1.29, 1.82) is 0 Å². The van der Waals surface area contributed by atoms with Crippen LogP contribution in [0.25, 0.3) is 0 Å². The minimum atomic E-state index is -0.284. The third-order valence-electron chi connectivity index (χ3n) is 5.43. The Labute approximate surface area is 191 Å². The second-order valence-electron chi connectivity index (χ2n) is 8.01. The molecular formula is C26H26FN3O3. The zero-order chi connectivity index (χ0) is 23.0. The van der Waals surface area contributed by atoms with E-state index in [4.69, 9.17) is 8.83 Å². The molecule has 1 unspecified atom stereocenters. The number of hydrogen-bond donors (Lipinski definition) is 1. The molecule has 1 N–H and O–H groups in total. The number of hydrogen-bond acceptors (Lipinski definition) is 5. The SMILES string of the molecule is Cc1cccc(Cc2nnc(CCC(=O)NCCC(c3ccc(F)cc3)c3ccco3)o2)c1. The van der Waals surface area contributed by atoms with E-state index in [1.807, 2.05) is 37.3 Å².